The molecule has 1 aromatic carbocycles. The van der Waals surface area contributed by atoms with Gasteiger partial charge < -0.3 is 0 Å². The van der Waals surface area contributed by atoms with E-state index in [-0.39, 0.29) is 17.8 Å². The fourth-order valence-corrected chi connectivity index (χ4v) is 1.48. The summed E-state index contributed by atoms with van der Waals surface area (Å²) in [7, 11) is 0. The molecule has 4 heteroatoms. The Bertz CT molecular complexity index is 350. The Morgan fingerprint density at radius 2 is 2.08 bits per heavy atom. The van der Waals surface area contributed by atoms with Gasteiger partial charge in [-0.25, -0.2) is 8.78 Å². The molecule has 0 saturated carbocycles. The second kappa shape index (κ2) is 3.96. The first-order chi connectivity index (χ1) is 6.00. The van der Waals surface area contributed by atoms with Crippen LogP contribution in [0, 0.1) is 11.6 Å². The van der Waals surface area contributed by atoms with Crippen molar-refractivity contribution < 1.29 is 13.6 Å². The van der Waals surface area contributed by atoms with Crippen LogP contribution in [0.1, 0.15) is 12.5 Å². The molecule has 0 radical (unpaired) electrons. The number of hydrogen-bond donors (Lipinski definition) is 0. The van der Waals surface area contributed by atoms with Gasteiger partial charge in [0.1, 0.15) is 5.78 Å². The fraction of sp³-hybridized carbons (Fsp3) is 0.222. The Labute approximate surface area is 82.9 Å². The molecule has 13 heavy (non-hydrogen) atoms. The highest BCUT2D eigenvalue weighted by Crippen LogP contribution is 2.19. The number of carbonyl (C=O) groups excluding carboxylic acids is 1. The number of benzene rings is 1. The second-order valence-electron chi connectivity index (χ2n) is 2.74. The number of carbonyl (C=O) groups is 1. The Hall–Kier alpha value is -0.770. The normalized spacial score (nSPS) is 10.2. The molecule has 0 aliphatic carbocycles. The molecule has 0 heterocycles. The molecule has 0 amide bonds. The van der Waals surface area contributed by atoms with E-state index in [0.717, 1.165) is 6.07 Å². The van der Waals surface area contributed by atoms with Crippen molar-refractivity contribution in [2.75, 3.05) is 0 Å². The highest BCUT2D eigenvalue weighted by molar-refractivity contribution is 9.10. The predicted octanol–water partition coefficient (Wildman–Crippen LogP) is 2.86. The average Bonchev–Trinajstić information content (AvgIpc) is 1.98. The van der Waals surface area contributed by atoms with Crippen LogP contribution < -0.4 is 0 Å². The van der Waals surface area contributed by atoms with E-state index >= 15 is 0 Å². The smallest absolute Gasteiger partial charge is 0.162 e. The van der Waals surface area contributed by atoms with Crippen molar-refractivity contribution in [1.29, 1.82) is 0 Å². The van der Waals surface area contributed by atoms with Crippen LogP contribution in [0.25, 0.3) is 0 Å². The van der Waals surface area contributed by atoms with E-state index in [4.69, 9.17) is 0 Å². The SMILES string of the molecule is CC(=O)Cc1cc(Br)cc(F)c1F. The van der Waals surface area contributed by atoms with Crippen LogP contribution in [-0.4, -0.2) is 5.78 Å². The summed E-state index contributed by atoms with van der Waals surface area (Å²) in [4.78, 5) is 10.7. The first-order valence-corrected chi connectivity index (χ1v) is 4.43. The average molecular weight is 249 g/mol. The minimum Gasteiger partial charge on any atom is -0.300 e. The quantitative estimate of drug-likeness (QED) is 0.736. The van der Waals surface area contributed by atoms with Crippen LogP contribution in [0.5, 0.6) is 0 Å². The fourth-order valence-electron chi connectivity index (χ4n) is 1.01. The summed E-state index contributed by atoms with van der Waals surface area (Å²) in [6.45, 7) is 1.33. The lowest BCUT2D eigenvalue weighted by atomic mass is 10.1. The Morgan fingerprint density at radius 1 is 1.46 bits per heavy atom. The molecule has 0 aromatic heterocycles. The summed E-state index contributed by atoms with van der Waals surface area (Å²) in [6, 6.07) is 2.43. The van der Waals surface area contributed by atoms with Gasteiger partial charge in [-0.05, 0) is 24.6 Å². The molecule has 1 rings (SSSR count). The van der Waals surface area contributed by atoms with Gasteiger partial charge in [-0.1, -0.05) is 15.9 Å². The molecule has 0 aliphatic heterocycles. The number of Topliss-reactive ketones (excluding diaryl/α,β-unsaturated/α-hetero) is 1. The number of rotatable bonds is 2. The first kappa shape index (κ1) is 10.3. The van der Waals surface area contributed by atoms with Crippen molar-refractivity contribution in [3.05, 3.63) is 33.8 Å². The van der Waals surface area contributed by atoms with Crippen molar-refractivity contribution in [2.24, 2.45) is 0 Å². The first-order valence-electron chi connectivity index (χ1n) is 3.63. The van der Waals surface area contributed by atoms with Crippen molar-refractivity contribution in [1.82, 2.24) is 0 Å². The van der Waals surface area contributed by atoms with Gasteiger partial charge in [-0.2, -0.15) is 0 Å². The maximum absolute atomic E-state index is 13.0. The third-order valence-corrected chi connectivity index (χ3v) is 1.97. The molecule has 0 N–H and O–H groups in total. The number of halogens is 3. The van der Waals surface area contributed by atoms with Gasteiger partial charge in [0, 0.05) is 10.9 Å². The van der Waals surface area contributed by atoms with E-state index < -0.39 is 11.6 Å². The topological polar surface area (TPSA) is 17.1 Å². The van der Waals surface area contributed by atoms with Crippen LogP contribution in [0.15, 0.2) is 16.6 Å². The summed E-state index contributed by atoms with van der Waals surface area (Å²) in [6.07, 6.45) is -0.0812. The number of ketones is 1. The molecule has 1 nitrogen and oxygen atoms in total. The third-order valence-electron chi connectivity index (χ3n) is 1.51. The summed E-state index contributed by atoms with van der Waals surface area (Å²) >= 11 is 3.02. The van der Waals surface area contributed by atoms with Crippen molar-refractivity contribution in [3.8, 4) is 0 Å². The molecule has 0 saturated heterocycles. The Balaban J connectivity index is 3.12. The lowest BCUT2D eigenvalue weighted by Crippen LogP contribution is -2.01. The van der Waals surface area contributed by atoms with Crippen molar-refractivity contribution in [2.45, 2.75) is 13.3 Å². The molecule has 70 valence electrons. The minimum absolute atomic E-state index is 0.0812. The molecule has 0 aliphatic rings. The molecular weight excluding hydrogens is 242 g/mol. The van der Waals surface area contributed by atoms with E-state index in [2.05, 4.69) is 15.9 Å². The predicted molar refractivity (Wildman–Crippen MR) is 48.4 cm³/mol. The minimum atomic E-state index is -0.946. The molecule has 1 aromatic rings. The maximum Gasteiger partial charge on any atom is 0.162 e. The van der Waals surface area contributed by atoms with E-state index in [1.54, 1.807) is 0 Å². The van der Waals surface area contributed by atoms with Gasteiger partial charge in [0.2, 0.25) is 0 Å². The van der Waals surface area contributed by atoms with Crippen molar-refractivity contribution >= 4 is 21.7 Å². The monoisotopic (exact) mass is 248 g/mol. The van der Waals surface area contributed by atoms with Gasteiger partial charge in [0.15, 0.2) is 11.6 Å². The van der Waals surface area contributed by atoms with Crippen LogP contribution in [-0.2, 0) is 11.2 Å². The van der Waals surface area contributed by atoms with Gasteiger partial charge in [0.05, 0.1) is 0 Å². The summed E-state index contributed by atoms with van der Waals surface area (Å²) in [5, 5.41) is 0. The summed E-state index contributed by atoms with van der Waals surface area (Å²) in [5.41, 5.74) is 0.0828. The third kappa shape index (κ3) is 2.59. The van der Waals surface area contributed by atoms with Crippen LogP contribution in [0.2, 0.25) is 0 Å². The maximum atomic E-state index is 13.0. The highest BCUT2D eigenvalue weighted by atomic mass is 79.9. The highest BCUT2D eigenvalue weighted by Gasteiger charge is 2.10. The van der Waals surface area contributed by atoms with Crippen LogP contribution in [0.4, 0.5) is 8.78 Å². The second-order valence-corrected chi connectivity index (χ2v) is 3.66. The molecule has 0 spiro atoms. The van der Waals surface area contributed by atoms with Crippen LogP contribution in [0.3, 0.4) is 0 Å². The Kier molecular flexibility index (Phi) is 3.14. The molecule has 0 atom stereocenters. The van der Waals surface area contributed by atoms with Crippen molar-refractivity contribution in [3.63, 3.8) is 0 Å². The van der Waals surface area contributed by atoms with Gasteiger partial charge in [-0.15, -0.1) is 0 Å². The van der Waals surface area contributed by atoms with E-state index in [1.807, 2.05) is 0 Å². The van der Waals surface area contributed by atoms with E-state index in [9.17, 15) is 13.6 Å². The summed E-state index contributed by atoms with van der Waals surface area (Å²) < 4.78 is 26.2. The molecule has 0 bridgehead atoms. The van der Waals surface area contributed by atoms with E-state index in [0.29, 0.717) is 4.47 Å². The standard InChI is InChI=1S/C9H7BrF2O/c1-5(13)2-6-3-7(10)4-8(11)9(6)12/h3-4H,2H2,1H3. The summed E-state index contributed by atoms with van der Waals surface area (Å²) in [5.74, 6) is -2.08. The number of hydrogen-bond acceptors (Lipinski definition) is 1. The van der Waals surface area contributed by atoms with Gasteiger partial charge in [0.25, 0.3) is 0 Å². The molecule has 0 unspecified atom stereocenters. The Morgan fingerprint density at radius 3 is 2.62 bits per heavy atom. The lowest BCUT2D eigenvalue weighted by molar-refractivity contribution is -0.116. The lowest BCUT2D eigenvalue weighted by Gasteiger charge is -2.02. The molecular formula is C9H7BrF2O. The zero-order valence-electron chi connectivity index (χ0n) is 6.90. The largest absolute Gasteiger partial charge is 0.300 e. The van der Waals surface area contributed by atoms with Gasteiger partial charge >= 0.3 is 0 Å². The van der Waals surface area contributed by atoms with E-state index in [1.165, 1.54) is 13.0 Å². The molecule has 0 fully saturated rings. The zero-order valence-corrected chi connectivity index (χ0v) is 8.49. The van der Waals surface area contributed by atoms with Gasteiger partial charge in [-0.3, -0.25) is 4.79 Å². The zero-order chi connectivity index (χ0) is 10.0. The van der Waals surface area contributed by atoms with Crippen LogP contribution >= 0.6 is 15.9 Å².